The lowest BCUT2D eigenvalue weighted by molar-refractivity contribution is 0.0174. The van der Waals surface area contributed by atoms with E-state index in [2.05, 4.69) is 34.1 Å². The van der Waals surface area contributed by atoms with Crippen molar-refractivity contribution < 1.29 is 13.9 Å². The van der Waals surface area contributed by atoms with Gasteiger partial charge in [-0.2, -0.15) is 9.97 Å². The highest BCUT2D eigenvalue weighted by Crippen LogP contribution is 2.29. The zero-order valence-electron chi connectivity index (χ0n) is 16.6. The molecule has 1 aromatic carbocycles. The van der Waals surface area contributed by atoms with E-state index in [-0.39, 0.29) is 29.4 Å². The van der Waals surface area contributed by atoms with Crippen molar-refractivity contribution in [1.82, 2.24) is 15.0 Å². The fourth-order valence-electron chi connectivity index (χ4n) is 2.97. The Hall–Kier alpha value is -1.86. The Morgan fingerprint density at radius 3 is 2.29 bits per heavy atom. The van der Waals surface area contributed by atoms with Gasteiger partial charge in [0.1, 0.15) is 5.82 Å². The molecule has 1 aromatic heterocycles. The molecule has 0 saturated heterocycles. The highest BCUT2D eigenvalue weighted by atomic mass is 35.5. The van der Waals surface area contributed by atoms with Crippen LogP contribution in [0.1, 0.15) is 57.0 Å². The average molecular weight is 413 g/mol. The van der Waals surface area contributed by atoms with Crippen LogP contribution in [-0.4, -0.2) is 32.7 Å². The molecule has 5 nitrogen and oxygen atoms in total. The van der Waals surface area contributed by atoms with Gasteiger partial charge in [-0.05, 0) is 35.4 Å². The first-order valence-electron chi connectivity index (χ1n) is 9.34. The summed E-state index contributed by atoms with van der Waals surface area (Å²) in [5.74, 6) is -1.62. The Kier molecular flexibility index (Phi) is 7.66. The molecule has 2 rings (SSSR count). The van der Waals surface area contributed by atoms with Crippen molar-refractivity contribution in [3.63, 3.8) is 0 Å². The summed E-state index contributed by atoms with van der Waals surface area (Å²) in [5, 5.41) is 12.7. The molecule has 0 spiro atoms. The SMILES string of the molecule is CC(C)CC(CO)Nc1nc(Cl)nc(CC(C)c2ccc(C(C)(F)F)cc2)n1. The fraction of sp³-hybridized carbons (Fsp3) is 0.550. The van der Waals surface area contributed by atoms with Crippen molar-refractivity contribution in [1.29, 1.82) is 0 Å². The molecule has 154 valence electrons. The molecule has 28 heavy (non-hydrogen) atoms. The van der Waals surface area contributed by atoms with Gasteiger partial charge in [0.2, 0.25) is 11.2 Å². The van der Waals surface area contributed by atoms with E-state index >= 15 is 0 Å². The number of halogens is 3. The molecular formula is C20H27ClF2N4O. The van der Waals surface area contributed by atoms with Crippen molar-refractivity contribution in [2.45, 2.75) is 58.4 Å². The minimum Gasteiger partial charge on any atom is -0.394 e. The summed E-state index contributed by atoms with van der Waals surface area (Å²) >= 11 is 6.03. The summed E-state index contributed by atoms with van der Waals surface area (Å²) in [5.41, 5.74) is 0.894. The van der Waals surface area contributed by atoms with Crippen LogP contribution in [-0.2, 0) is 12.3 Å². The number of aliphatic hydroxyl groups is 1. The molecule has 0 amide bonds. The number of aliphatic hydroxyl groups excluding tert-OH is 1. The van der Waals surface area contributed by atoms with Gasteiger partial charge < -0.3 is 10.4 Å². The van der Waals surface area contributed by atoms with Crippen LogP contribution < -0.4 is 5.32 Å². The van der Waals surface area contributed by atoms with Crippen LogP contribution in [0, 0.1) is 5.92 Å². The number of benzene rings is 1. The van der Waals surface area contributed by atoms with Crippen LogP contribution in [0.4, 0.5) is 14.7 Å². The zero-order valence-corrected chi connectivity index (χ0v) is 17.3. The van der Waals surface area contributed by atoms with Crippen LogP contribution in [0.3, 0.4) is 0 Å². The zero-order chi connectivity index (χ0) is 20.9. The standard InChI is InChI=1S/C20H27ClF2N4O/c1-12(2)9-16(11-28)24-19-26-17(25-18(21)27-19)10-13(3)14-5-7-15(8-6-14)20(4,22)23/h5-8,12-13,16,28H,9-11H2,1-4H3,(H,24,25,26,27). The summed E-state index contributed by atoms with van der Waals surface area (Å²) in [6.45, 7) is 6.95. The molecule has 0 aliphatic heterocycles. The Labute approximate surface area is 169 Å². The third-order valence-electron chi connectivity index (χ3n) is 4.44. The Morgan fingerprint density at radius 1 is 1.11 bits per heavy atom. The number of alkyl halides is 2. The van der Waals surface area contributed by atoms with Gasteiger partial charge in [-0.1, -0.05) is 45.0 Å². The van der Waals surface area contributed by atoms with Crippen molar-refractivity contribution in [3.8, 4) is 0 Å². The molecule has 2 atom stereocenters. The van der Waals surface area contributed by atoms with E-state index in [9.17, 15) is 13.9 Å². The van der Waals surface area contributed by atoms with E-state index < -0.39 is 5.92 Å². The highest BCUT2D eigenvalue weighted by molar-refractivity contribution is 6.28. The van der Waals surface area contributed by atoms with E-state index in [4.69, 9.17) is 11.6 Å². The lowest BCUT2D eigenvalue weighted by Crippen LogP contribution is -2.27. The molecule has 2 N–H and O–H groups in total. The highest BCUT2D eigenvalue weighted by Gasteiger charge is 2.24. The lowest BCUT2D eigenvalue weighted by atomic mass is 9.95. The van der Waals surface area contributed by atoms with Crippen LogP contribution >= 0.6 is 11.6 Å². The molecule has 0 fully saturated rings. The molecule has 2 unspecified atom stereocenters. The van der Waals surface area contributed by atoms with Gasteiger partial charge in [0.25, 0.3) is 5.92 Å². The fourth-order valence-corrected chi connectivity index (χ4v) is 3.15. The normalized spacial score (nSPS) is 14.2. The first-order valence-corrected chi connectivity index (χ1v) is 9.72. The Balaban J connectivity index is 2.11. The van der Waals surface area contributed by atoms with Crippen molar-refractivity contribution >= 4 is 17.5 Å². The van der Waals surface area contributed by atoms with Crippen molar-refractivity contribution in [2.75, 3.05) is 11.9 Å². The molecule has 1 heterocycles. The van der Waals surface area contributed by atoms with Gasteiger partial charge >= 0.3 is 0 Å². The number of nitrogens with one attached hydrogen (secondary N) is 1. The molecule has 8 heteroatoms. The second kappa shape index (κ2) is 9.56. The first kappa shape index (κ1) is 22.4. The predicted molar refractivity (Wildman–Crippen MR) is 107 cm³/mol. The average Bonchev–Trinajstić information content (AvgIpc) is 2.59. The third kappa shape index (κ3) is 6.63. The predicted octanol–water partition coefficient (Wildman–Crippen LogP) is 4.80. The van der Waals surface area contributed by atoms with E-state index in [1.807, 2.05) is 6.92 Å². The summed E-state index contributed by atoms with van der Waals surface area (Å²) in [7, 11) is 0. The van der Waals surface area contributed by atoms with Crippen LogP contribution in [0.5, 0.6) is 0 Å². The number of hydrogen-bond acceptors (Lipinski definition) is 5. The minimum atomic E-state index is -2.86. The van der Waals surface area contributed by atoms with Crippen LogP contribution in [0.25, 0.3) is 0 Å². The molecule has 0 aliphatic rings. The molecule has 0 bridgehead atoms. The second-order valence-electron chi connectivity index (χ2n) is 7.61. The van der Waals surface area contributed by atoms with E-state index in [1.54, 1.807) is 12.1 Å². The Bertz CT molecular complexity index is 766. The molecule has 2 aromatic rings. The van der Waals surface area contributed by atoms with Gasteiger partial charge in [-0.3, -0.25) is 0 Å². The van der Waals surface area contributed by atoms with Gasteiger partial charge in [-0.15, -0.1) is 0 Å². The van der Waals surface area contributed by atoms with Gasteiger partial charge in [0, 0.05) is 18.9 Å². The van der Waals surface area contributed by atoms with Gasteiger partial charge in [-0.25, -0.2) is 13.8 Å². The number of anilines is 1. The van der Waals surface area contributed by atoms with Gasteiger partial charge in [0.05, 0.1) is 12.6 Å². The van der Waals surface area contributed by atoms with Crippen LogP contribution in [0.15, 0.2) is 24.3 Å². The summed E-state index contributed by atoms with van der Waals surface area (Å²) in [6, 6.07) is 6.11. The third-order valence-corrected chi connectivity index (χ3v) is 4.61. The number of aromatic nitrogens is 3. The number of rotatable bonds is 9. The Morgan fingerprint density at radius 2 is 1.75 bits per heavy atom. The van der Waals surface area contributed by atoms with E-state index in [1.165, 1.54) is 12.1 Å². The van der Waals surface area contributed by atoms with Gasteiger partial charge in [0.15, 0.2) is 0 Å². The monoisotopic (exact) mass is 412 g/mol. The summed E-state index contributed by atoms with van der Waals surface area (Å²) in [4.78, 5) is 12.7. The maximum Gasteiger partial charge on any atom is 0.270 e. The smallest absolute Gasteiger partial charge is 0.270 e. The first-order chi connectivity index (χ1) is 13.1. The van der Waals surface area contributed by atoms with E-state index in [0.717, 1.165) is 18.9 Å². The molecule has 0 saturated carbocycles. The largest absolute Gasteiger partial charge is 0.394 e. The van der Waals surface area contributed by atoms with Crippen LogP contribution in [0.2, 0.25) is 5.28 Å². The van der Waals surface area contributed by atoms with E-state index in [0.29, 0.717) is 24.1 Å². The summed E-state index contributed by atoms with van der Waals surface area (Å²) in [6.07, 6.45) is 1.24. The molecule has 0 aliphatic carbocycles. The molecule has 0 radical (unpaired) electrons. The topological polar surface area (TPSA) is 70.9 Å². The summed E-state index contributed by atoms with van der Waals surface area (Å²) < 4.78 is 26.7. The maximum atomic E-state index is 13.4. The number of nitrogens with zero attached hydrogens (tertiary/aromatic N) is 3. The quantitative estimate of drug-likeness (QED) is 0.618. The molecular weight excluding hydrogens is 386 g/mol. The minimum absolute atomic E-state index is 0.00940. The van der Waals surface area contributed by atoms with Crippen molar-refractivity contribution in [3.05, 3.63) is 46.5 Å². The second-order valence-corrected chi connectivity index (χ2v) is 7.95. The number of hydrogen-bond donors (Lipinski definition) is 2. The maximum absolute atomic E-state index is 13.4. The van der Waals surface area contributed by atoms with Crippen molar-refractivity contribution in [2.24, 2.45) is 5.92 Å². The lowest BCUT2D eigenvalue weighted by Gasteiger charge is -2.19.